The second kappa shape index (κ2) is 8.58. The molecular weight excluding hydrogens is 400 g/mol. The molecule has 0 spiro atoms. The number of carbonyl (C=O) groups is 5. The van der Waals surface area contributed by atoms with Crippen molar-refractivity contribution < 1.29 is 24.0 Å². The lowest BCUT2D eigenvalue weighted by Crippen LogP contribution is -2.54. The van der Waals surface area contributed by atoms with Crippen molar-refractivity contribution in [2.45, 2.75) is 31.7 Å². The van der Waals surface area contributed by atoms with Crippen LogP contribution in [0.3, 0.4) is 0 Å². The molecule has 0 aromatic heterocycles. The number of likely N-dealkylation sites (tertiary alicyclic amines) is 1. The van der Waals surface area contributed by atoms with Crippen LogP contribution in [-0.4, -0.2) is 90.4 Å². The summed E-state index contributed by atoms with van der Waals surface area (Å²) < 4.78 is 0. The summed E-state index contributed by atoms with van der Waals surface area (Å²) in [7, 11) is 1.38. The van der Waals surface area contributed by atoms with Gasteiger partial charge in [-0.15, -0.1) is 0 Å². The molecule has 3 heterocycles. The third-order valence-corrected chi connectivity index (χ3v) is 6.37. The molecule has 1 unspecified atom stereocenters. The Morgan fingerprint density at radius 1 is 1.00 bits per heavy atom. The number of likely N-dealkylation sites (N-methyl/N-ethyl adjacent to an activating group) is 1. The maximum atomic E-state index is 13.1. The Labute approximate surface area is 180 Å². The van der Waals surface area contributed by atoms with Gasteiger partial charge in [-0.25, -0.2) is 0 Å². The van der Waals surface area contributed by atoms with Gasteiger partial charge in [0.2, 0.25) is 5.91 Å². The molecule has 3 aliphatic rings. The molecule has 2 saturated heterocycles. The fourth-order valence-electron chi connectivity index (χ4n) is 4.49. The second-order valence-corrected chi connectivity index (χ2v) is 8.19. The van der Waals surface area contributed by atoms with Gasteiger partial charge in [-0.1, -0.05) is 0 Å². The van der Waals surface area contributed by atoms with Gasteiger partial charge >= 0.3 is 0 Å². The Balaban J connectivity index is 1.47. The lowest BCUT2D eigenvalue weighted by molar-refractivity contribution is -0.149. The summed E-state index contributed by atoms with van der Waals surface area (Å²) in [5, 5.41) is 0. The standard InChI is InChI=1S/C22H26N4O5/c1-23-19(28)7-6-18(22(23)31)26-20(29)16-5-4-15(14-17(16)21(26)30)25-11-9-24(10-12-25)8-2-3-13-27/h4-5,13-14,18H,2-3,6-12H2,1H3. The van der Waals surface area contributed by atoms with E-state index < -0.39 is 23.8 Å². The first-order chi connectivity index (χ1) is 14.9. The van der Waals surface area contributed by atoms with E-state index in [0.717, 1.165) is 60.9 Å². The molecule has 9 heteroatoms. The monoisotopic (exact) mass is 426 g/mol. The smallest absolute Gasteiger partial charge is 0.262 e. The number of piperazine rings is 1. The number of hydrogen-bond acceptors (Lipinski definition) is 7. The molecule has 1 aromatic rings. The van der Waals surface area contributed by atoms with Crippen LogP contribution < -0.4 is 4.90 Å². The van der Waals surface area contributed by atoms with E-state index in [9.17, 15) is 24.0 Å². The average molecular weight is 426 g/mol. The molecule has 3 aliphatic heterocycles. The number of nitrogens with zero attached hydrogens (tertiary/aromatic N) is 4. The van der Waals surface area contributed by atoms with Crippen LogP contribution in [0.1, 0.15) is 46.4 Å². The predicted octanol–water partition coefficient (Wildman–Crippen LogP) is 0.531. The van der Waals surface area contributed by atoms with Gasteiger partial charge in [-0.05, 0) is 37.6 Å². The fourth-order valence-corrected chi connectivity index (χ4v) is 4.49. The largest absolute Gasteiger partial charge is 0.369 e. The first-order valence-corrected chi connectivity index (χ1v) is 10.7. The Morgan fingerprint density at radius 3 is 2.42 bits per heavy atom. The van der Waals surface area contributed by atoms with Gasteiger partial charge in [-0.3, -0.25) is 33.9 Å². The van der Waals surface area contributed by atoms with E-state index >= 15 is 0 Å². The molecule has 1 atom stereocenters. The van der Waals surface area contributed by atoms with Crippen LogP contribution in [0.2, 0.25) is 0 Å². The molecule has 1 aromatic carbocycles. The molecule has 0 saturated carbocycles. The number of anilines is 1. The zero-order chi connectivity index (χ0) is 22.1. The topological polar surface area (TPSA) is 98.3 Å². The maximum absolute atomic E-state index is 13.1. The van der Waals surface area contributed by atoms with E-state index in [2.05, 4.69) is 9.80 Å². The van der Waals surface area contributed by atoms with Crippen LogP contribution in [0, 0.1) is 0 Å². The summed E-state index contributed by atoms with van der Waals surface area (Å²) in [6.45, 7) is 4.21. The summed E-state index contributed by atoms with van der Waals surface area (Å²) >= 11 is 0. The summed E-state index contributed by atoms with van der Waals surface area (Å²) in [5.74, 6) is -1.77. The summed E-state index contributed by atoms with van der Waals surface area (Å²) in [5.41, 5.74) is 1.48. The highest BCUT2D eigenvalue weighted by Crippen LogP contribution is 2.31. The van der Waals surface area contributed by atoms with Crippen molar-refractivity contribution >= 4 is 35.6 Å². The number of fused-ring (bicyclic) bond motifs is 1. The van der Waals surface area contributed by atoms with Crippen LogP contribution in [0.15, 0.2) is 18.2 Å². The van der Waals surface area contributed by atoms with Crippen molar-refractivity contribution in [3.63, 3.8) is 0 Å². The van der Waals surface area contributed by atoms with Crippen molar-refractivity contribution in [3.8, 4) is 0 Å². The Bertz CT molecular complexity index is 938. The fraction of sp³-hybridized carbons (Fsp3) is 0.500. The quantitative estimate of drug-likeness (QED) is 0.372. The predicted molar refractivity (Wildman–Crippen MR) is 112 cm³/mol. The number of benzene rings is 1. The Morgan fingerprint density at radius 2 is 1.71 bits per heavy atom. The minimum atomic E-state index is -0.937. The second-order valence-electron chi connectivity index (χ2n) is 8.19. The number of amides is 4. The van der Waals surface area contributed by atoms with E-state index in [1.807, 2.05) is 6.07 Å². The van der Waals surface area contributed by atoms with Gasteiger partial charge < -0.3 is 9.69 Å². The molecule has 0 N–H and O–H groups in total. The number of hydrogen-bond donors (Lipinski definition) is 0. The van der Waals surface area contributed by atoms with Crippen LogP contribution in [0.5, 0.6) is 0 Å². The number of piperidine rings is 1. The number of aldehydes is 1. The number of carbonyl (C=O) groups excluding carboxylic acids is 5. The number of imide groups is 2. The minimum Gasteiger partial charge on any atom is -0.369 e. The number of rotatable bonds is 6. The Kier molecular flexibility index (Phi) is 5.86. The summed E-state index contributed by atoms with van der Waals surface area (Å²) in [6, 6.07) is 4.30. The highest BCUT2D eigenvalue weighted by Gasteiger charge is 2.46. The van der Waals surface area contributed by atoms with E-state index in [1.165, 1.54) is 7.05 Å². The average Bonchev–Trinajstić information content (AvgIpc) is 3.03. The van der Waals surface area contributed by atoms with Crippen LogP contribution >= 0.6 is 0 Å². The highest BCUT2D eigenvalue weighted by atomic mass is 16.2. The minimum absolute atomic E-state index is 0.128. The van der Waals surface area contributed by atoms with Crippen molar-refractivity contribution in [2.75, 3.05) is 44.7 Å². The lowest BCUT2D eigenvalue weighted by atomic mass is 10.0. The number of unbranched alkanes of at least 4 members (excludes halogenated alkanes) is 1. The first kappa shape index (κ1) is 21.2. The molecule has 0 radical (unpaired) electrons. The Hall–Kier alpha value is -3.07. The molecule has 2 fully saturated rings. The van der Waals surface area contributed by atoms with Crippen LogP contribution in [-0.2, 0) is 14.4 Å². The van der Waals surface area contributed by atoms with Crippen molar-refractivity contribution in [1.82, 2.24) is 14.7 Å². The van der Waals surface area contributed by atoms with Crippen LogP contribution in [0.4, 0.5) is 5.69 Å². The molecule has 9 nitrogen and oxygen atoms in total. The van der Waals surface area contributed by atoms with E-state index in [4.69, 9.17) is 0 Å². The molecule has 0 bridgehead atoms. The normalized spacial score (nSPS) is 22.4. The molecule has 0 aliphatic carbocycles. The highest BCUT2D eigenvalue weighted by molar-refractivity contribution is 6.23. The maximum Gasteiger partial charge on any atom is 0.262 e. The SMILES string of the molecule is CN1C(=O)CCC(N2C(=O)c3ccc(N4CCN(CCCC=O)CC4)cc3C2=O)C1=O. The molecule has 31 heavy (non-hydrogen) atoms. The summed E-state index contributed by atoms with van der Waals surface area (Å²) in [4.78, 5) is 67.2. The summed E-state index contributed by atoms with van der Waals surface area (Å²) in [6.07, 6.45) is 2.66. The van der Waals surface area contributed by atoms with E-state index in [-0.39, 0.29) is 18.7 Å². The third-order valence-electron chi connectivity index (χ3n) is 6.37. The first-order valence-electron chi connectivity index (χ1n) is 10.7. The lowest BCUT2D eigenvalue weighted by Gasteiger charge is -2.36. The van der Waals surface area contributed by atoms with Gasteiger partial charge in [0.15, 0.2) is 0 Å². The molecular formula is C22H26N4O5. The zero-order valence-electron chi connectivity index (χ0n) is 17.6. The van der Waals surface area contributed by atoms with Gasteiger partial charge in [0.05, 0.1) is 11.1 Å². The van der Waals surface area contributed by atoms with Crippen LogP contribution in [0.25, 0.3) is 0 Å². The third kappa shape index (κ3) is 3.85. The van der Waals surface area contributed by atoms with Gasteiger partial charge in [-0.2, -0.15) is 0 Å². The zero-order valence-corrected chi connectivity index (χ0v) is 17.6. The van der Waals surface area contributed by atoms with E-state index in [0.29, 0.717) is 17.5 Å². The van der Waals surface area contributed by atoms with E-state index in [1.54, 1.807) is 12.1 Å². The van der Waals surface area contributed by atoms with Gasteiger partial charge in [0.1, 0.15) is 12.3 Å². The van der Waals surface area contributed by atoms with Gasteiger partial charge in [0, 0.05) is 51.8 Å². The van der Waals surface area contributed by atoms with Crippen molar-refractivity contribution in [2.24, 2.45) is 0 Å². The van der Waals surface area contributed by atoms with Crippen molar-refractivity contribution in [3.05, 3.63) is 29.3 Å². The molecule has 4 rings (SSSR count). The molecule has 164 valence electrons. The van der Waals surface area contributed by atoms with Gasteiger partial charge in [0.25, 0.3) is 17.7 Å². The van der Waals surface area contributed by atoms with Crippen molar-refractivity contribution in [1.29, 1.82) is 0 Å². The molecule has 4 amide bonds.